The van der Waals surface area contributed by atoms with E-state index in [9.17, 15) is 4.79 Å². The minimum absolute atomic E-state index is 0.0389. The van der Waals surface area contributed by atoms with Gasteiger partial charge in [0.15, 0.2) is 0 Å². The Labute approximate surface area is 182 Å². The molecule has 0 aliphatic carbocycles. The molecule has 0 radical (unpaired) electrons. The van der Waals surface area contributed by atoms with Crippen molar-refractivity contribution in [3.05, 3.63) is 70.6 Å². The fourth-order valence-corrected chi connectivity index (χ4v) is 3.99. The number of rotatable bonds is 3. The lowest BCUT2D eigenvalue weighted by atomic mass is 9.86. The molecular formula is C24H26ClN3O2. The van der Waals surface area contributed by atoms with Gasteiger partial charge in [-0.3, -0.25) is 4.79 Å². The molecule has 1 aliphatic rings. The van der Waals surface area contributed by atoms with E-state index < -0.39 is 0 Å². The number of hydrogen-bond donors (Lipinski definition) is 0. The first-order chi connectivity index (χ1) is 14.3. The van der Waals surface area contributed by atoms with Gasteiger partial charge in [-0.05, 0) is 48.1 Å². The summed E-state index contributed by atoms with van der Waals surface area (Å²) in [7, 11) is 0. The van der Waals surface area contributed by atoms with E-state index >= 15 is 0 Å². The predicted octanol–water partition coefficient (Wildman–Crippen LogP) is 5.71. The summed E-state index contributed by atoms with van der Waals surface area (Å²) in [4.78, 5) is 19.5. The van der Waals surface area contributed by atoms with Gasteiger partial charge >= 0.3 is 0 Å². The van der Waals surface area contributed by atoms with E-state index in [-0.39, 0.29) is 17.2 Å². The largest absolute Gasteiger partial charge is 0.339 e. The SMILES string of the molecule is CC(C)(C)c1ccc(C(=O)N2CCC[C@@H](c3nc(-c4cccc(Cl)c4)no3)C2)cc1. The van der Waals surface area contributed by atoms with Gasteiger partial charge in [-0.15, -0.1) is 0 Å². The number of halogens is 1. The van der Waals surface area contributed by atoms with Crippen LogP contribution in [-0.2, 0) is 5.41 Å². The fraction of sp³-hybridized carbons (Fsp3) is 0.375. The quantitative estimate of drug-likeness (QED) is 0.541. The third-order valence-corrected chi connectivity index (χ3v) is 5.82. The molecule has 1 atom stereocenters. The van der Waals surface area contributed by atoms with Crippen molar-refractivity contribution in [2.45, 2.75) is 44.9 Å². The van der Waals surface area contributed by atoms with Crippen LogP contribution in [0, 0.1) is 0 Å². The first kappa shape index (κ1) is 20.6. The van der Waals surface area contributed by atoms with E-state index in [1.807, 2.05) is 53.4 Å². The molecule has 1 aliphatic heterocycles. The number of carbonyl (C=O) groups excluding carboxylic acids is 1. The van der Waals surface area contributed by atoms with E-state index in [0.29, 0.717) is 28.8 Å². The van der Waals surface area contributed by atoms with Crippen molar-refractivity contribution in [2.24, 2.45) is 0 Å². The van der Waals surface area contributed by atoms with Crippen molar-refractivity contribution in [2.75, 3.05) is 13.1 Å². The van der Waals surface area contributed by atoms with Crippen LogP contribution in [-0.4, -0.2) is 34.0 Å². The van der Waals surface area contributed by atoms with Gasteiger partial charge in [0.05, 0.1) is 5.92 Å². The van der Waals surface area contributed by atoms with Crippen LogP contribution in [0.5, 0.6) is 0 Å². The second kappa shape index (κ2) is 8.23. The van der Waals surface area contributed by atoms with Gasteiger partial charge in [0.2, 0.25) is 11.7 Å². The van der Waals surface area contributed by atoms with Crippen molar-refractivity contribution in [1.82, 2.24) is 15.0 Å². The Kier molecular flexibility index (Phi) is 5.65. The van der Waals surface area contributed by atoms with Gasteiger partial charge in [-0.25, -0.2) is 0 Å². The maximum atomic E-state index is 13.0. The van der Waals surface area contributed by atoms with Crippen molar-refractivity contribution in [3.63, 3.8) is 0 Å². The summed E-state index contributed by atoms with van der Waals surface area (Å²) in [6.45, 7) is 7.83. The monoisotopic (exact) mass is 423 g/mol. The number of benzene rings is 2. The number of hydrogen-bond acceptors (Lipinski definition) is 4. The second-order valence-electron chi connectivity index (χ2n) is 8.88. The van der Waals surface area contributed by atoms with Gasteiger partial charge < -0.3 is 9.42 Å². The molecule has 1 amide bonds. The average Bonchev–Trinajstić information content (AvgIpc) is 3.23. The van der Waals surface area contributed by atoms with Gasteiger partial charge in [0, 0.05) is 29.2 Å². The Morgan fingerprint density at radius 3 is 2.63 bits per heavy atom. The summed E-state index contributed by atoms with van der Waals surface area (Å²) in [5.74, 6) is 1.19. The summed E-state index contributed by atoms with van der Waals surface area (Å²) in [6, 6.07) is 15.3. The zero-order valence-electron chi connectivity index (χ0n) is 17.6. The summed E-state index contributed by atoms with van der Waals surface area (Å²) in [5, 5.41) is 4.75. The molecule has 30 heavy (non-hydrogen) atoms. The van der Waals surface area contributed by atoms with E-state index in [2.05, 4.69) is 30.9 Å². The molecule has 0 spiro atoms. The van der Waals surface area contributed by atoms with Gasteiger partial charge in [0.25, 0.3) is 5.91 Å². The lowest BCUT2D eigenvalue weighted by Gasteiger charge is -2.31. The highest BCUT2D eigenvalue weighted by Gasteiger charge is 2.29. The topological polar surface area (TPSA) is 59.2 Å². The number of likely N-dealkylation sites (tertiary alicyclic amines) is 1. The molecule has 2 aromatic carbocycles. The summed E-state index contributed by atoms with van der Waals surface area (Å²) >= 11 is 6.07. The molecule has 4 rings (SSSR count). The zero-order valence-corrected chi connectivity index (χ0v) is 18.3. The first-order valence-electron chi connectivity index (χ1n) is 10.3. The molecule has 0 bridgehead atoms. The standard InChI is InChI=1S/C24H26ClN3O2/c1-24(2,3)19-11-9-16(10-12-19)23(29)28-13-5-7-18(15-28)22-26-21(27-30-22)17-6-4-8-20(25)14-17/h4,6,8-12,14,18H,5,7,13,15H2,1-3H3/t18-/m1/s1. The Morgan fingerprint density at radius 1 is 1.17 bits per heavy atom. The molecule has 3 aromatic rings. The third-order valence-electron chi connectivity index (χ3n) is 5.58. The molecule has 1 fully saturated rings. The molecule has 1 saturated heterocycles. The predicted molar refractivity (Wildman–Crippen MR) is 118 cm³/mol. The lowest BCUT2D eigenvalue weighted by molar-refractivity contribution is 0.0695. The smallest absolute Gasteiger partial charge is 0.253 e. The van der Waals surface area contributed by atoms with Crippen LogP contribution in [0.15, 0.2) is 53.1 Å². The van der Waals surface area contributed by atoms with Crippen LogP contribution in [0.3, 0.4) is 0 Å². The molecule has 6 heteroatoms. The summed E-state index contributed by atoms with van der Waals surface area (Å²) in [6.07, 6.45) is 1.83. The maximum Gasteiger partial charge on any atom is 0.253 e. The highest BCUT2D eigenvalue weighted by atomic mass is 35.5. The zero-order chi connectivity index (χ0) is 21.3. The number of piperidine rings is 1. The van der Waals surface area contributed by atoms with Gasteiger partial charge in [0.1, 0.15) is 0 Å². The molecule has 1 aromatic heterocycles. The molecule has 156 valence electrons. The van der Waals surface area contributed by atoms with E-state index in [1.165, 1.54) is 5.56 Å². The number of nitrogens with zero attached hydrogens (tertiary/aromatic N) is 3. The molecule has 2 heterocycles. The van der Waals surface area contributed by atoms with Crippen LogP contribution in [0.2, 0.25) is 5.02 Å². The van der Waals surface area contributed by atoms with Crippen molar-refractivity contribution in [3.8, 4) is 11.4 Å². The Bertz CT molecular complexity index is 1040. The Balaban J connectivity index is 1.48. The normalized spacial score (nSPS) is 17.2. The maximum absolute atomic E-state index is 13.0. The van der Waals surface area contributed by atoms with Crippen molar-refractivity contribution < 1.29 is 9.32 Å². The minimum Gasteiger partial charge on any atom is -0.339 e. The molecule has 5 nitrogen and oxygen atoms in total. The number of aromatic nitrogens is 2. The summed E-state index contributed by atoms with van der Waals surface area (Å²) in [5.41, 5.74) is 2.82. The van der Waals surface area contributed by atoms with Crippen LogP contribution in [0.25, 0.3) is 11.4 Å². The van der Waals surface area contributed by atoms with Gasteiger partial charge in [-0.1, -0.05) is 61.8 Å². The van der Waals surface area contributed by atoms with Crippen molar-refractivity contribution >= 4 is 17.5 Å². The average molecular weight is 424 g/mol. The Morgan fingerprint density at radius 2 is 1.93 bits per heavy atom. The Hall–Kier alpha value is -2.66. The molecule has 0 saturated carbocycles. The summed E-state index contributed by atoms with van der Waals surface area (Å²) < 4.78 is 5.54. The van der Waals surface area contributed by atoms with Crippen LogP contribution in [0.1, 0.15) is 61.3 Å². The second-order valence-corrected chi connectivity index (χ2v) is 9.32. The molecule has 0 unspecified atom stereocenters. The van der Waals surface area contributed by atoms with E-state index in [0.717, 1.165) is 24.9 Å². The molecular weight excluding hydrogens is 398 g/mol. The van der Waals surface area contributed by atoms with Crippen molar-refractivity contribution in [1.29, 1.82) is 0 Å². The van der Waals surface area contributed by atoms with Gasteiger partial charge in [-0.2, -0.15) is 4.98 Å². The number of amides is 1. The highest BCUT2D eigenvalue weighted by Crippen LogP contribution is 2.29. The van der Waals surface area contributed by atoms with E-state index in [4.69, 9.17) is 16.1 Å². The third kappa shape index (κ3) is 4.41. The van der Waals surface area contributed by atoms with Crippen LogP contribution in [0.4, 0.5) is 0 Å². The lowest BCUT2D eigenvalue weighted by Crippen LogP contribution is -2.39. The minimum atomic E-state index is 0.0389. The van der Waals surface area contributed by atoms with Crippen LogP contribution >= 0.6 is 11.6 Å². The van der Waals surface area contributed by atoms with E-state index in [1.54, 1.807) is 0 Å². The fourth-order valence-electron chi connectivity index (χ4n) is 3.80. The number of carbonyl (C=O) groups is 1. The van der Waals surface area contributed by atoms with Crippen LogP contribution < -0.4 is 0 Å². The highest BCUT2D eigenvalue weighted by molar-refractivity contribution is 6.30. The first-order valence-corrected chi connectivity index (χ1v) is 10.7. The molecule has 0 N–H and O–H groups in total.